The highest BCUT2D eigenvalue weighted by molar-refractivity contribution is 6.35. The van der Waals surface area contributed by atoms with Crippen LogP contribution in [0.2, 0.25) is 10.0 Å². The monoisotopic (exact) mass is 471 g/mol. The first-order chi connectivity index (χ1) is 14.9. The van der Waals surface area contributed by atoms with Gasteiger partial charge in [-0.25, -0.2) is 0 Å². The number of benzene rings is 1. The lowest BCUT2D eigenvalue weighted by Crippen LogP contribution is -2.42. The summed E-state index contributed by atoms with van der Waals surface area (Å²) < 4.78 is 5.82. The molecular formula is C26H27Cl2NO3. The van der Waals surface area contributed by atoms with Gasteiger partial charge in [0.25, 0.3) is 0 Å². The summed E-state index contributed by atoms with van der Waals surface area (Å²) in [6.45, 7) is 8.36. The summed E-state index contributed by atoms with van der Waals surface area (Å²) in [6, 6.07) is 3.33. The van der Waals surface area contributed by atoms with Crippen molar-refractivity contribution in [3.8, 4) is 18.1 Å². The molecular weight excluding hydrogens is 445 g/mol. The number of rotatable bonds is 3. The lowest BCUT2D eigenvalue weighted by atomic mass is 9.64. The molecule has 0 amide bonds. The third kappa shape index (κ3) is 4.09. The van der Waals surface area contributed by atoms with E-state index in [0.717, 1.165) is 11.4 Å². The highest BCUT2D eigenvalue weighted by Crippen LogP contribution is 2.53. The van der Waals surface area contributed by atoms with Crippen LogP contribution in [0.4, 0.5) is 0 Å². The molecule has 0 fully saturated rings. The van der Waals surface area contributed by atoms with Crippen LogP contribution in [0.15, 0.2) is 34.7 Å². The second kappa shape index (κ2) is 7.97. The van der Waals surface area contributed by atoms with Crippen LogP contribution < -0.4 is 10.1 Å². The SMILES string of the molecule is C#CCOc1c(Cl)cc(Cl)cc1C1C2=C(CC(C)(C)CC2=O)NC2=C1C(=O)CC(C)(C)C2. The number of hydrogen-bond acceptors (Lipinski definition) is 4. The maximum Gasteiger partial charge on any atom is 0.162 e. The van der Waals surface area contributed by atoms with Crippen molar-refractivity contribution in [2.75, 3.05) is 6.61 Å². The molecule has 4 nitrogen and oxygen atoms in total. The van der Waals surface area contributed by atoms with E-state index in [1.807, 2.05) is 0 Å². The van der Waals surface area contributed by atoms with E-state index in [2.05, 4.69) is 38.9 Å². The van der Waals surface area contributed by atoms with Gasteiger partial charge in [0.2, 0.25) is 0 Å². The molecule has 6 heteroatoms. The number of carbonyl (C=O) groups excluding carboxylic acids is 2. The molecule has 0 saturated carbocycles. The minimum Gasteiger partial charge on any atom is -0.479 e. The zero-order chi connectivity index (χ0) is 23.4. The highest BCUT2D eigenvalue weighted by atomic mass is 35.5. The quantitative estimate of drug-likeness (QED) is 0.550. The summed E-state index contributed by atoms with van der Waals surface area (Å²) in [5, 5.41) is 4.21. The van der Waals surface area contributed by atoms with Gasteiger partial charge >= 0.3 is 0 Å². The van der Waals surface area contributed by atoms with E-state index < -0.39 is 5.92 Å². The largest absolute Gasteiger partial charge is 0.479 e. The molecule has 1 heterocycles. The molecule has 4 rings (SSSR count). The van der Waals surface area contributed by atoms with Crippen molar-refractivity contribution in [3.05, 3.63) is 50.3 Å². The van der Waals surface area contributed by atoms with Gasteiger partial charge in [-0.2, -0.15) is 0 Å². The molecule has 0 radical (unpaired) electrons. The zero-order valence-corrected chi connectivity index (χ0v) is 20.3. The van der Waals surface area contributed by atoms with Gasteiger partial charge in [-0.05, 0) is 35.8 Å². The van der Waals surface area contributed by atoms with Crippen LogP contribution in [-0.4, -0.2) is 18.2 Å². The van der Waals surface area contributed by atoms with Crippen LogP contribution in [0.25, 0.3) is 0 Å². The molecule has 32 heavy (non-hydrogen) atoms. The summed E-state index contributed by atoms with van der Waals surface area (Å²) in [7, 11) is 0. The highest BCUT2D eigenvalue weighted by Gasteiger charge is 2.47. The Labute approximate surface area is 199 Å². The van der Waals surface area contributed by atoms with Crippen LogP contribution in [0.1, 0.15) is 64.9 Å². The van der Waals surface area contributed by atoms with Gasteiger partial charge < -0.3 is 10.1 Å². The number of allylic oxidation sites excluding steroid dienone is 4. The number of ether oxygens (including phenoxy) is 1. The minimum atomic E-state index is -0.586. The molecule has 2 aliphatic carbocycles. The fourth-order valence-corrected chi connectivity index (χ4v) is 5.82. The molecule has 0 unspecified atom stereocenters. The molecule has 1 aliphatic heterocycles. The smallest absolute Gasteiger partial charge is 0.162 e. The Bertz CT molecular complexity index is 1080. The molecule has 168 valence electrons. The second-order valence-electron chi connectivity index (χ2n) is 10.5. The first-order valence-corrected chi connectivity index (χ1v) is 11.5. The summed E-state index contributed by atoms with van der Waals surface area (Å²) in [5.74, 6) is 2.29. The molecule has 0 atom stereocenters. The summed E-state index contributed by atoms with van der Waals surface area (Å²) in [5.41, 5.74) is 3.24. The van der Waals surface area contributed by atoms with Crippen molar-refractivity contribution in [2.24, 2.45) is 10.8 Å². The number of carbonyl (C=O) groups is 2. The molecule has 0 aromatic heterocycles. The van der Waals surface area contributed by atoms with E-state index in [1.54, 1.807) is 12.1 Å². The van der Waals surface area contributed by atoms with Crippen molar-refractivity contribution in [3.63, 3.8) is 0 Å². The van der Waals surface area contributed by atoms with Crippen molar-refractivity contribution >= 4 is 34.8 Å². The van der Waals surface area contributed by atoms with Crippen LogP contribution in [0.3, 0.4) is 0 Å². The van der Waals surface area contributed by atoms with Crippen LogP contribution in [0, 0.1) is 23.2 Å². The standard InChI is InChI=1S/C26H27Cl2NO3/c1-6-7-32-24-15(8-14(27)9-16(24)28)21-22-17(10-25(2,3)12-19(22)30)29-18-11-26(4,5)13-20(31)23(18)21/h1,8-9,21,29H,7,10-13H2,2-5H3. The van der Waals surface area contributed by atoms with Crippen LogP contribution >= 0.6 is 23.2 Å². The van der Waals surface area contributed by atoms with E-state index in [0.29, 0.717) is 58.2 Å². The molecule has 0 spiro atoms. The second-order valence-corrected chi connectivity index (χ2v) is 11.4. The van der Waals surface area contributed by atoms with Crippen molar-refractivity contribution in [2.45, 2.75) is 59.3 Å². The van der Waals surface area contributed by atoms with Crippen molar-refractivity contribution in [1.29, 1.82) is 0 Å². The number of dihydropyridines is 1. The average molecular weight is 472 g/mol. The number of hydrogen-bond donors (Lipinski definition) is 1. The fraction of sp³-hybridized carbons (Fsp3) is 0.462. The number of terminal acetylenes is 1. The van der Waals surface area contributed by atoms with E-state index in [9.17, 15) is 9.59 Å². The normalized spacial score (nSPS) is 22.2. The lowest BCUT2D eigenvalue weighted by Gasteiger charge is -2.44. The Kier molecular flexibility index (Phi) is 5.72. The Hall–Kier alpha value is -2.22. The summed E-state index contributed by atoms with van der Waals surface area (Å²) >= 11 is 12.9. The first-order valence-electron chi connectivity index (χ1n) is 10.8. The summed E-state index contributed by atoms with van der Waals surface area (Å²) in [6.07, 6.45) is 7.65. The lowest BCUT2D eigenvalue weighted by molar-refractivity contribution is -0.119. The Morgan fingerprint density at radius 3 is 2.03 bits per heavy atom. The number of ketones is 2. The molecule has 0 saturated heterocycles. The van der Waals surface area contributed by atoms with Crippen molar-refractivity contribution in [1.82, 2.24) is 5.32 Å². The molecule has 1 aromatic carbocycles. The van der Waals surface area contributed by atoms with Gasteiger partial charge in [-0.1, -0.05) is 56.8 Å². The predicted octanol–water partition coefficient (Wildman–Crippen LogP) is 5.98. The van der Waals surface area contributed by atoms with E-state index in [1.165, 1.54) is 0 Å². The van der Waals surface area contributed by atoms with Crippen molar-refractivity contribution < 1.29 is 14.3 Å². The topological polar surface area (TPSA) is 55.4 Å². The maximum absolute atomic E-state index is 13.5. The molecule has 1 N–H and O–H groups in total. The number of halogens is 2. The predicted molar refractivity (Wildman–Crippen MR) is 127 cm³/mol. The Balaban J connectivity index is 1.99. The van der Waals surface area contributed by atoms with E-state index >= 15 is 0 Å². The Morgan fingerprint density at radius 2 is 1.53 bits per heavy atom. The van der Waals surface area contributed by atoms with Crippen LogP contribution in [-0.2, 0) is 9.59 Å². The zero-order valence-electron chi connectivity index (χ0n) is 18.8. The Morgan fingerprint density at radius 1 is 1.00 bits per heavy atom. The fourth-order valence-electron chi connectivity index (χ4n) is 5.26. The molecule has 1 aromatic rings. The molecule has 0 bridgehead atoms. The van der Waals surface area contributed by atoms with Gasteiger partial charge in [-0.15, -0.1) is 6.42 Å². The van der Waals surface area contributed by atoms with E-state index in [4.69, 9.17) is 34.4 Å². The first kappa shape index (κ1) is 23.0. The van der Waals surface area contributed by atoms with Gasteiger partial charge in [0.1, 0.15) is 12.4 Å². The third-order valence-electron chi connectivity index (χ3n) is 6.37. The van der Waals surface area contributed by atoms with Gasteiger partial charge in [0.05, 0.1) is 5.02 Å². The third-order valence-corrected chi connectivity index (χ3v) is 6.87. The molecule has 3 aliphatic rings. The van der Waals surface area contributed by atoms with E-state index in [-0.39, 0.29) is 29.0 Å². The van der Waals surface area contributed by atoms with Crippen LogP contribution in [0.5, 0.6) is 5.75 Å². The number of Topliss-reactive ketones (excluding diaryl/α,β-unsaturated/α-hetero) is 2. The average Bonchev–Trinajstić information content (AvgIpc) is 2.63. The maximum atomic E-state index is 13.5. The van der Waals surface area contributed by atoms with Gasteiger partial charge in [0, 0.05) is 51.9 Å². The summed E-state index contributed by atoms with van der Waals surface area (Å²) in [4.78, 5) is 26.9. The minimum absolute atomic E-state index is 0.0130. The number of nitrogens with one attached hydrogen (secondary N) is 1. The van der Waals surface area contributed by atoms with Gasteiger partial charge in [0.15, 0.2) is 11.6 Å². The van der Waals surface area contributed by atoms with Gasteiger partial charge in [-0.3, -0.25) is 9.59 Å².